The molecule has 1 N–H and O–H groups in total. The average Bonchev–Trinajstić information content (AvgIpc) is 2.54. The summed E-state index contributed by atoms with van der Waals surface area (Å²) in [5.41, 5.74) is 4.81. The third-order valence-electron chi connectivity index (χ3n) is 4.69. The number of pyridine rings is 1. The first-order valence-corrected chi connectivity index (χ1v) is 8.90. The molecule has 1 aromatic carbocycles. The highest BCUT2D eigenvalue weighted by molar-refractivity contribution is 5.94. The molecule has 1 heterocycles. The molecule has 0 radical (unpaired) electrons. The van der Waals surface area contributed by atoms with Crippen LogP contribution in [-0.2, 0) is 0 Å². The van der Waals surface area contributed by atoms with Crippen molar-refractivity contribution in [3.63, 3.8) is 0 Å². The molecule has 0 aliphatic heterocycles. The van der Waals surface area contributed by atoms with Gasteiger partial charge in [-0.05, 0) is 64.4 Å². The summed E-state index contributed by atoms with van der Waals surface area (Å²) >= 11 is 0. The van der Waals surface area contributed by atoms with Gasteiger partial charge in [0.1, 0.15) is 0 Å². The first-order chi connectivity index (χ1) is 11.1. The van der Waals surface area contributed by atoms with Crippen LogP contribution in [-0.4, -0.2) is 35.6 Å². The summed E-state index contributed by atoms with van der Waals surface area (Å²) in [6.45, 7) is 14.5. The van der Waals surface area contributed by atoms with Crippen molar-refractivity contribution in [2.24, 2.45) is 0 Å². The predicted molar refractivity (Wildman–Crippen MR) is 101 cm³/mol. The maximum atomic E-state index is 4.61. The van der Waals surface area contributed by atoms with Gasteiger partial charge in [-0.2, -0.15) is 0 Å². The second-order valence-electron chi connectivity index (χ2n) is 6.50. The van der Waals surface area contributed by atoms with E-state index in [2.05, 4.69) is 68.0 Å². The maximum absolute atomic E-state index is 4.61. The lowest BCUT2D eigenvalue weighted by atomic mass is 10.1. The number of aromatic nitrogens is 1. The Balaban J connectivity index is 2.06. The Morgan fingerprint density at radius 3 is 2.57 bits per heavy atom. The molecule has 0 aliphatic rings. The van der Waals surface area contributed by atoms with Crippen LogP contribution in [0.4, 0.5) is 5.69 Å². The molecule has 2 aromatic rings. The van der Waals surface area contributed by atoms with Crippen LogP contribution >= 0.6 is 0 Å². The van der Waals surface area contributed by atoms with E-state index < -0.39 is 0 Å². The lowest BCUT2D eigenvalue weighted by molar-refractivity contribution is 0.295. The van der Waals surface area contributed by atoms with Gasteiger partial charge in [0.15, 0.2) is 0 Å². The fourth-order valence-corrected chi connectivity index (χ4v) is 3.14. The molecule has 1 unspecified atom stereocenters. The van der Waals surface area contributed by atoms with Crippen molar-refractivity contribution in [2.45, 2.75) is 53.5 Å². The highest BCUT2D eigenvalue weighted by atomic mass is 15.1. The summed E-state index contributed by atoms with van der Waals surface area (Å²) in [6, 6.07) is 6.89. The lowest BCUT2D eigenvalue weighted by Crippen LogP contribution is -2.25. The lowest BCUT2D eigenvalue weighted by Gasteiger charge is -2.21. The van der Waals surface area contributed by atoms with E-state index in [9.17, 15) is 0 Å². The molecular formula is C20H31N3. The highest BCUT2D eigenvalue weighted by Gasteiger charge is 2.10. The van der Waals surface area contributed by atoms with Gasteiger partial charge in [0.05, 0.1) is 5.52 Å². The molecule has 0 fully saturated rings. The minimum atomic E-state index is 0.468. The molecule has 0 aliphatic carbocycles. The number of hydrogen-bond donors (Lipinski definition) is 1. The summed E-state index contributed by atoms with van der Waals surface area (Å²) < 4.78 is 0. The SMILES string of the molecule is CCN(CC)CCCC(C)Nc1c(C)cnc2c(C)cccc12. The van der Waals surface area contributed by atoms with Crippen LogP contribution in [0.1, 0.15) is 44.7 Å². The fourth-order valence-electron chi connectivity index (χ4n) is 3.14. The molecule has 1 aromatic heterocycles. The Kier molecular flexibility index (Phi) is 6.40. The quantitative estimate of drug-likeness (QED) is 0.760. The Hall–Kier alpha value is -1.61. The molecule has 0 spiro atoms. The van der Waals surface area contributed by atoms with Crippen LogP contribution in [0.2, 0.25) is 0 Å². The molecule has 1 atom stereocenters. The molecule has 3 nitrogen and oxygen atoms in total. The van der Waals surface area contributed by atoms with Crippen molar-refractivity contribution >= 4 is 16.6 Å². The van der Waals surface area contributed by atoms with Crippen molar-refractivity contribution in [1.29, 1.82) is 0 Å². The number of rotatable bonds is 8. The van der Waals surface area contributed by atoms with Gasteiger partial charge in [-0.1, -0.05) is 32.0 Å². The average molecular weight is 313 g/mol. The van der Waals surface area contributed by atoms with Gasteiger partial charge in [-0.15, -0.1) is 0 Å². The normalized spacial score (nSPS) is 12.8. The summed E-state index contributed by atoms with van der Waals surface area (Å²) in [7, 11) is 0. The van der Waals surface area contributed by atoms with E-state index >= 15 is 0 Å². The van der Waals surface area contributed by atoms with Crippen molar-refractivity contribution in [2.75, 3.05) is 25.0 Å². The standard InChI is InChI=1S/C20H31N3/c1-6-23(7-2)13-9-11-17(5)22-20-16(4)14-21-19-15(3)10-8-12-18(19)20/h8,10,12,14,17H,6-7,9,11,13H2,1-5H3,(H,21,22). The molecule has 2 rings (SSSR count). The summed E-state index contributed by atoms with van der Waals surface area (Å²) in [5.74, 6) is 0. The van der Waals surface area contributed by atoms with E-state index in [1.807, 2.05) is 6.20 Å². The molecule has 0 bridgehead atoms. The molecular weight excluding hydrogens is 282 g/mol. The largest absolute Gasteiger partial charge is 0.382 e. The van der Waals surface area contributed by atoms with Crippen LogP contribution in [0.3, 0.4) is 0 Å². The van der Waals surface area contributed by atoms with Crippen molar-refractivity contribution in [3.8, 4) is 0 Å². The first kappa shape index (κ1) is 17.7. The van der Waals surface area contributed by atoms with E-state index in [-0.39, 0.29) is 0 Å². The van der Waals surface area contributed by atoms with Crippen molar-refractivity contribution in [1.82, 2.24) is 9.88 Å². The zero-order chi connectivity index (χ0) is 16.8. The Bertz CT molecular complexity index is 632. The van der Waals surface area contributed by atoms with Gasteiger partial charge in [0.25, 0.3) is 0 Å². The minimum absolute atomic E-state index is 0.468. The molecule has 3 heteroatoms. The van der Waals surface area contributed by atoms with Gasteiger partial charge >= 0.3 is 0 Å². The number of anilines is 1. The number of para-hydroxylation sites is 1. The maximum Gasteiger partial charge on any atom is 0.0752 e. The molecule has 0 saturated heterocycles. The third-order valence-corrected chi connectivity index (χ3v) is 4.69. The number of benzene rings is 1. The van der Waals surface area contributed by atoms with Gasteiger partial charge in [0.2, 0.25) is 0 Å². The van der Waals surface area contributed by atoms with Crippen LogP contribution < -0.4 is 5.32 Å². The predicted octanol–water partition coefficient (Wildman–Crippen LogP) is 4.77. The van der Waals surface area contributed by atoms with E-state index in [4.69, 9.17) is 0 Å². The summed E-state index contributed by atoms with van der Waals surface area (Å²) in [6.07, 6.45) is 4.41. The van der Waals surface area contributed by atoms with E-state index in [1.165, 1.54) is 41.6 Å². The van der Waals surface area contributed by atoms with Gasteiger partial charge in [-0.3, -0.25) is 4.98 Å². The van der Waals surface area contributed by atoms with Crippen LogP contribution in [0.25, 0.3) is 10.9 Å². The van der Waals surface area contributed by atoms with Crippen molar-refractivity contribution in [3.05, 3.63) is 35.5 Å². The number of hydrogen-bond acceptors (Lipinski definition) is 3. The van der Waals surface area contributed by atoms with Gasteiger partial charge in [0, 0.05) is 23.3 Å². The number of fused-ring (bicyclic) bond motifs is 1. The molecule has 0 amide bonds. The number of nitrogens with zero attached hydrogens (tertiary/aromatic N) is 2. The Morgan fingerprint density at radius 1 is 1.13 bits per heavy atom. The second-order valence-corrected chi connectivity index (χ2v) is 6.50. The van der Waals surface area contributed by atoms with E-state index in [0.29, 0.717) is 6.04 Å². The van der Waals surface area contributed by atoms with Crippen LogP contribution in [0.5, 0.6) is 0 Å². The Morgan fingerprint density at radius 2 is 1.87 bits per heavy atom. The zero-order valence-corrected chi connectivity index (χ0v) is 15.3. The second kappa shape index (κ2) is 8.30. The fraction of sp³-hybridized carbons (Fsp3) is 0.550. The Labute approximate surface area is 141 Å². The summed E-state index contributed by atoms with van der Waals surface area (Å²) in [5, 5.41) is 4.97. The smallest absolute Gasteiger partial charge is 0.0752 e. The van der Waals surface area contributed by atoms with Crippen LogP contribution in [0, 0.1) is 13.8 Å². The zero-order valence-electron chi connectivity index (χ0n) is 15.3. The number of aryl methyl sites for hydroxylation is 2. The molecule has 126 valence electrons. The molecule has 23 heavy (non-hydrogen) atoms. The highest BCUT2D eigenvalue weighted by Crippen LogP contribution is 2.28. The van der Waals surface area contributed by atoms with Gasteiger partial charge in [-0.25, -0.2) is 0 Å². The minimum Gasteiger partial charge on any atom is -0.382 e. The monoisotopic (exact) mass is 313 g/mol. The van der Waals surface area contributed by atoms with E-state index in [1.54, 1.807) is 0 Å². The topological polar surface area (TPSA) is 28.2 Å². The molecule has 0 saturated carbocycles. The summed E-state index contributed by atoms with van der Waals surface area (Å²) in [4.78, 5) is 7.10. The number of nitrogens with one attached hydrogen (secondary N) is 1. The van der Waals surface area contributed by atoms with Crippen molar-refractivity contribution < 1.29 is 0 Å². The van der Waals surface area contributed by atoms with Gasteiger partial charge < -0.3 is 10.2 Å². The van der Waals surface area contributed by atoms with Crippen LogP contribution in [0.15, 0.2) is 24.4 Å². The van der Waals surface area contributed by atoms with E-state index in [0.717, 1.165) is 18.6 Å². The third kappa shape index (κ3) is 4.44. The first-order valence-electron chi connectivity index (χ1n) is 8.90.